The number of hydrogen-bond acceptors (Lipinski definition) is 0. The molecule has 0 fully saturated rings. The zero-order valence-corrected chi connectivity index (χ0v) is 19.8. The molecule has 0 spiro atoms. The Balaban J connectivity index is -0.000000290. The standard InChI is InChI=1S/C10H15.C9H13.2ClH.Hf/c1-3-4-5-10-7-6-9(2)8-10;1-6-5-7(2)9(4)8(6)3;;;/h6-8H,3-5H2,1-2H3;5H,1-4H3;2*1H;/q2*-1;;;+4/p-2. The first kappa shape index (κ1) is 27.0. The van der Waals surface area contributed by atoms with E-state index in [1.807, 2.05) is 0 Å². The van der Waals surface area contributed by atoms with Crippen LogP contribution in [0, 0.1) is 34.6 Å². The van der Waals surface area contributed by atoms with Gasteiger partial charge in [0, 0.05) is 0 Å². The van der Waals surface area contributed by atoms with Gasteiger partial charge in [-0.15, -0.1) is 0 Å². The van der Waals surface area contributed by atoms with Crippen molar-refractivity contribution in [3.05, 3.63) is 57.6 Å². The molecule has 0 aliphatic carbocycles. The molecular weight excluding hydrogens is 478 g/mol. The maximum absolute atomic E-state index is 2.27. The van der Waals surface area contributed by atoms with Crippen LogP contribution in [0.2, 0.25) is 0 Å². The van der Waals surface area contributed by atoms with Gasteiger partial charge in [-0.3, -0.25) is 0 Å². The van der Waals surface area contributed by atoms with Gasteiger partial charge in [-0.1, -0.05) is 60.8 Å². The second-order valence-corrected chi connectivity index (χ2v) is 5.66. The molecule has 0 unspecified atom stereocenters. The summed E-state index contributed by atoms with van der Waals surface area (Å²) in [5.41, 5.74) is 8.64. The molecule has 0 nitrogen and oxygen atoms in total. The van der Waals surface area contributed by atoms with Crippen molar-refractivity contribution in [1.29, 1.82) is 0 Å². The van der Waals surface area contributed by atoms with Gasteiger partial charge < -0.3 is 24.8 Å². The third-order valence-electron chi connectivity index (χ3n) is 3.97. The van der Waals surface area contributed by atoms with E-state index in [4.69, 9.17) is 0 Å². The molecule has 0 radical (unpaired) electrons. The zero-order valence-electron chi connectivity index (χ0n) is 14.7. The molecule has 2 aromatic carbocycles. The molecule has 0 aliphatic heterocycles. The van der Waals surface area contributed by atoms with Crippen LogP contribution in [0.3, 0.4) is 0 Å². The topological polar surface area (TPSA) is 0 Å². The fourth-order valence-corrected chi connectivity index (χ4v) is 2.30. The van der Waals surface area contributed by atoms with Crippen LogP contribution in [0.5, 0.6) is 0 Å². The van der Waals surface area contributed by atoms with Crippen molar-refractivity contribution in [1.82, 2.24) is 0 Å². The normalized spacial score (nSPS) is 8.82. The number of aryl methyl sites for hydroxylation is 4. The first-order valence-electron chi connectivity index (χ1n) is 7.38. The Morgan fingerprint density at radius 2 is 1.59 bits per heavy atom. The minimum absolute atomic E-state index is 0. The maximum atomic E-state index is 2.27. The van der Waals surface area contributed by atoms with E-state index in [9.17, 15) is 0 Å². The third kappa shape index (κ3) is 8.70. The SMILES string of the molecule is CCCCc1cc[c-](C)c1.Cc1c[c-](C)c(C)c1C.[Cl-].[Cl-].[Hf+4]. The average molecular weight is 506 g/mol. The van der Waals surface area contributed by atoms with Crippen LogP contribution in [0.1, 0.15) is 53.1 Å². The molecule has 122 valence electrons. The van der Waals surface area contributed by atoms with Gasteiger partial charge in [0.1, 0.15) is 0 Å². The van der Waals surface area contributed by atoms with Gasteiger partial charge in [-0.05, 0) is 0 Å². The van der Waals surface area contributed by atoms with Gasteiger partial charge in [0.15, 0.2) is 0 Å². The molecule has 0 aliphatic rings. The second-order valence-electron chi connectivity index (χ2n) is 5.66. The fraction of sp³-hybridized carbons (Fsp3) is 0.474. The molecule has 0 N–H and O–H groups in total. The molecule has 0 bridgehead atoms. The van der Waals surface area contributed by atoms with E-state index < -0.39 is 0 Å². The molecular formula is C19H28Cl2Hf. The van der Waals surface area contributed by atoms with E-state index in [1.165, 1.54) is 52.6 Å². The van der Waals surface area contributed by atoms with Crippen molar-refractivity contribution in [2.75, 3.05) is 0 Å². The van der Waals surface area contributed by atoms with E-state index in [0.717, 1.165) is 0 Å². The van der Waals surface area contributed by atoms with Gasteiger partial charge in [-0.25, -0.2) is 6.07 Å². The van der Waals surface area contributed by atoms with E-state index in [1.54, 1.807) is 0 Å². The number of rotatable bonds is 3. The van der Waals surface area contributed by atoms with Crippen molar-refractivity contribution in [3.63, 3.8) is 0 Å². The molecule has 0 amide bonds. The van der Waals surface area contributed by atoms with Crippen LogP contribution >= 0.6 is 0 Å². The average Bonchev–Trinajstić information content (AvgIpc) is 2.88. The molecule has 2 aromatic rings. The van der Waals surface area contributed by atoms with Crippen molar-refractivity contribution < 1.29 is 50.7 Å². The smallest absolute Gasteiger partial charge is 1.00 e. The van der Waals surface area contributed by atoms with Gasteiger partial charge in [-0.2, -0.15) is 51.6 Å². The van der Waals surface area contributed by atoms with Gasteiger partial charge in [0.05, 0.1) is 0 Å². The Kier molecular flexibility index (Phi) is 16.7. The summed E-state index contributed by atoms with van der Waals surface area (Å²) in [5.74, 6) is 0. The van der Waals surface area contributed by atoms with Crippen molar-refractivity contribution >= 4 is 0 Å². The van der Waals surface area contributed by atoms with Crippen LogP contribution in [-0.2, 0) is 32.3 Å². The summed E-state index contributed by atoms with van der Waals surface area (Å²) in [4.78, 5) is 0. The van der Waals surface area contributed by atoms with E-state index in [0.29, 0.717) is 0 Å². The zero-order chi connectivity index (χ0) is 14.4. The molecule has 2 rings (SSSR count). The summed E-state index contributed by atoms with van der Waals surface area (Å²) in [6, 6.07) is 8.93. The van der Waals surface area contributed by atoms with Gasteiger partial charge in [0.25, 0.3) is 0 Å². The minimum Gasteiger partial charge on any atom is -1.00 e. The molecule has 0 atom stereocenters. The Morgan fingerprint density at radius 1 is 1.00 bits per heavy atom. The van der Waals surface area contributed by atoms with E-state index >= 15 is 0 Å². The molecule has 0 aromatic heterocycles. The van der Waals surface area contributed by atoms with Crippen LogP contribution in [0.25, 0.3) is 0 Å². The van der Waals surface area contributed by atoms with Gasteiger partial charge in [0.2, 0.25) is 0 Å². The predicted octanol–water partition coefficient (Wildman–Crippen LogP) is -0.299. The third-order valence-corrected chi connectivity index (χ3v) is 3.97. The summed E-state index contributed by atoms with van der Waals surface area (Å²) >= 11 is 0. The summed E-state index contributed by atoms with van der Waals surface area (Å²) < 4.78 is 0. The Morgan fingerprint density at radius 3 is 1.86 bits per heavy atom. The fourth-order valence-electron chi connectivity index (χ4n) is 2.30. The molecule has 0 saturated carbocycles. The van der Waals surface area contributed by atoms with Crippen molar-refractivity contribution in [2.24, 2.45) is 0 Å². The first-order valence-corrected chi connectivity index (χ1v) is 7.38. The van der Waals surface area contributed by atoms with E-state index in [-0.39, 0.29) is 50.7 Å². The molecule has 0 saturated heterocycles. The minimum atomic E-state index is 0. The molecule has 22 heavy (non-hydrogen) atoms. The van der Waals surface area contributed by atoms with Crippen LogP contribution in [0.4, 0.5) is 0 Å². The van der Waals surface area contributed by atoms with Crippen molar-refractivity contribution in [2.45, 2.75) is 60.8 Å². The maximum Gasteiger partial charge on any atom is 4.00 e. The summed E-state index contributed by atoms with van der Waals surface area (Å²) in [5, 5.41) is 0. The Bertz CT molecular complexity index is 487. The molecule has 0 heterocycles. The molecule has 3 heteroatoms. The van der Waals surface area contributed by atoms with Crippen molar-refractivity contribution in [3.8, 4) is 0 Å². The summed E-state index contributed by atoms with van der Waals surface area (Å²) in [6.07, 6.45) is 3.87. The Hall–Kier alpha value is 0.150. The van der Waals surface area contributed by atoms with Crippen LogP contribution in [-0.4, -0.2) is 0 Å². The predicted molar refractivity (Wildman–Crippen MR) is 86.4 cm³/mol. The summed E-state index contributed by atoms with van der Waals surface area (Å²) in [6.45, 7) is 13.1. The Labute approximate surface area is 168 Å². The first-order chi connectivity index (χ1) is 8.95. The van der Waals surface area contributed by atoms with Gasteiger partial charge >= 0.3 is 25.8 Å². The number of halogens is 2. The number of unbranched alkanes of at least 4 members (excludes halogenated alkanes) is 1. The largest absolute Gasteiger partial charge is 4.00 e. The second kappa shape index (κ2) is 13.6. The summed E-state index contributed by atoms with van der Waals surface area (Å²) in [7, 11) is 0. The van der Waals surface area contributed by atoms with Crippen LogP contribution in [0.15, 0.2) is 24.3 Å². The monoisotopic (exact) mass is 506 g/mol. The quantitative estimate of drug-likeness (QED) is 0.397. The number of hydrogen-bond donors (Lipinski definition) is 0. The van der Waals surface area contributed by atoms with E-state index in [2.05, 4.69) is 65.8 Å². The van der Waals surface area contributed by atoms with Crippen LogP contribution < -0.4 is 24.8 Å².